The van der Waals surface area contributed by atoms with Gasteiger partial charge in [-0.25, -0.2) is 9.37 Å². The van der Waals surface area contributed by atoms with E-state index < -0.39 is 17.8 Å². The van der Waals surface area contributed by atoms with Gasteiger partial charge in [-0.05, 0) is 43.3 Å². The highest BCUT2D eigenvalue weighted by molar-refractivity contribution is 9.10. The number of anilines is 1. The Kier molecular flexibility index (Phi) is 4.29. The molecule has 2 aromatic heterocycles. The number of amides is 1. The summed E-state index contributed by atoms with van der Waals surface area (Å²) in [6.07, 6.45) is 0. The van der Waals surface area contributed by atoms with Crippen molar-refractivity contribution in [2.75, 3.05) is 4.90 Å². The summed E-state index contributed by atoms with van der Waals surface area (Å²) in [7, 11) is 0. The van der Waals surface area contributed by atoms with Gasteiger partial charge in [0.25, 0.3) is 5.91 Å². The molecule has 1 unspecified atom stereocenters. The molecule has 0 bridgehead atoms. The number of fused-ring (bicyclic) bond motifs is 2. The lowest BCUT2D eigenvalue weighted by Crippen LogP contribution is -2.31. The second kappa shape index (κ2) is 6.88. The van der Waals surface area contributed by atoms with E-state index in [-0.39, 0.29) is 22.3 Å². The lowest BCUT2D eigenvalue weighted by atomic mass is 9.98. The maximum atomic E-state index is 14.8. The Morgan fingerprint density at radius 3 is 2.63 bits per heavy atom. The SMILES string of the molecule is Cc1cccc(N2C(=O)c3oc4ccc(Br)cc4c(=O)c3C2c2ccccc2F)n1. The largest absolute Gasteiger partial charge is 0.450 e. The lowest BCUT2D eigenvalue weighted by Gasteiger charge is -2.24. The van der Waals surface area contributed by atoms with Crippen LogP contribution in [0.2, 0.25) is 0 Å². The second-order valence-corrected chi connectivity index (χ2v) is 7.97. The van der Waals surface area contributed by atoms with Gasteiger partial charge < -0.3 is 4.42 Å². The minimum atomic E-state index is -0.984. The number of nitrogens with zero attached hydrogens (tertiary/aromatic N) is 2. The van der Waals surface area contributed by atoms with Crippen molar-refractivity contribution < 1.29 is 13.6 Å². The number of hydrogen-bond donors (Lipinski definition) is 0. The molecule has 1 amide bonds. The van der Waals surface area contributed by atoms with Gasteiger partial charge in [0.05, 0.1) is 17.0 Å². The van der Waals surface area contributed by atoms with Crippen LogP contribution in [0.3, 0.4) is 0 Å². The molecular formula is C23H14BrFN2O3. The van der Waals surface area contributed by atoms with E-state index in [0.29, 0.717) is 27.0 Å². The Morgan fingerprint density at radius 1 is 1.07 bits per heavy atom. The maximum absolute atomic E-state index is 14.8. The van der Waals surface area contributed by atoms with Crippen LogP contribution >= 0.6 is 15.9 Å². The fourth-order valence-corrected chi connectivity index (χ4v) is 4.20. The molecule has 0 fully saturated rings. The lowest BCUT2D eigenvalue weighted by molar-refractivity contribution is 0.0970. The predicted octanol–water partition coefficient (Wildman–Crippen LogP) is 5.15. The fourth-order valence-electron chi connectivity index (χ4n) is 3.84. The van der Waals surface area contributed by atoms with Crippen LogP contribution in [0.1, 0.15) is 33.4 Å². The number of benzene rings is 2. The Balaban J connectivity index is 1.86. The summed E-state index contributed by atoms with van der Waals surface area (Å²) in [5.74, 6) is -0.816. The molecule has 30 heavy (non-hydrogen) atoms. The molecule has 1 aliphatic heterocycles. The van der Waals surface area contributed by atoms with Crippen molar-refractivity contribution >= 4 is 38.6 Å². The molecule has 0 radical (unpaired) electrons. The number of aromatic nitrogens is 1. The maximum Gasteiger partial charge on any atom is 0.296 e. The van der Waals surface area contributed by atoms with Crippen molar-refractivity contribution in [2.45, 2.75) is 13.0 Å². The van der Waals surface area contributed by atoms with Crippen LogP contribution in [0.5, 0.6) is 0 Å². The van der Waals surface area contributed by atoms with Gasteiger partial charge in [0.15, 0.2) is 5.43 Å². The minimum absolute atomic E-state index is 0.0913. The summed E-state index contributed by atoms with van der Waals surface area (Å²) in [6, 6.07) is 15.3. The molecule has 0 N–H and O–H groups in total. The first-order valence-electron chi connectivity index (χ1n) is 9.23. The van der Waals surface area contributed by atoms with Crippen LogP contribution in [-0.2, 0) is 0 Å². The third-order valence-corrected chi connectivity index (χ3v) is 5.65. The second-order valence-electron chi connectivity index (χ2n) is 7.05. The van der Waals surface area contributed by atoms with E-state index in [0.717, 1.165) is 0 Å². The summed E-state index contributed by atoms with van der Waals surface area (Å²) < 4.78 is 21.4. The van der Waals surface area contributed by atoms with E-state index in [9.17, 15) is 14.0 Å². The zero-order chi connectivity index (χ0) is 21.0. The molecule has 5 nitrogen and oxygen atoms in total. The van der Waals surface area contributed by atoms with Crippen molar-refractivity contribution in [3.05, 3.63) is 104 Å². The van der Waals surface area contributed by atoms with Gasteiger partial charge in [-0.1, -0.05) is 40.2 Å². The molecule has 0 spiro atoms. The van der Waals surface area contributed by atoms with Gasteiger partial charge in [0.2, 0.25) is 5.76 Å². The molecule has 1 atom stereocenters. The molecule has 148 valence electrons. The molecule has 0 aliphatic carbocycles. The third kappa shape index (κ3) is 2.77. The van der Waals surface area contributed by atoms with Gasteiger partial charge in [-0.3, -0.25) is 14.5 Å². The number of hydrogen-bond acceptors (Lipinski definition) is 4. The number of carbonyl (C=O) groups is 1. The number of pyridine rings is 1. The summed E-state index contributed by atoms with van der Waals surface area (Å²) >= 11 is 3.36. The molecule has 1 aliphatic rings. The van der Waals surface area contributed by atoms with Crippen LogP contribution in [0.15, 0.2) is 74.3 Å². The van der Waals surface area contributed by atoms with E-state index in [2.05, 4.69) is 20.9 Å². The highest BCUT2D eigenvalue weighted by Gasteiger charge is 2.45. The smallest absolute Gasteiger partial charge is 0.296 e. The summed E-state index contributed by atoms with van der Waals surface area (Å²) in [5.41, 5.74) is 0.927. The Labute approximate surface area is 178 Å². The number of rotatable bonds is 2. The highest BCUT2D eigenvalue weighted by Crippen LogP contribution is 2.41. The van der Waals surface area contributed by atoms with E-state index >= 15 is 0 Å². The summed E-state index contributed by atoms with van der Waals surface area (Å²) in [5, 5.41) is 0.316. The Bertz CT molecular complexity index is 1400. The zero-order valence-electron chi connectivity index (χ0n) is 15.7. The molecule has 3 heterocycles. The normalized spacial score (nSPS) is 15.6. The number of aryl methyl sites for hydroxylation is 1. The monoisotopic (exact) mass is 464 g/mol. The van der Waals surface area contributed by atoms with Crippen molar-refractivity contribution in [3.8, 4) is 0 Å². The summed E-state index contributed by atoms with van der Waals surface area (Å²) in [6.45, 7) is 1.80. The quantitative estimate of drug-likeness (QED) is 0.411. The first-order valence-corrected chi connectivity index (χ1v) is 10.0. The minimum Gasteiger partial charge on any atom is -0.450 e. The van der Waals surface area contributed by atoms with Crippen molar-refractivity contribution in [1.82, 2.24) is 4.98 Å². The van der Waals surface area contributed by atoms with Crippen LogP contribution < -0.4 is 10.3 Å². The number of halogens is 2. The van der Waals surface area contributed by atoms with Gasteiger partial charge >= 0.3 is 0 Å². The van der Waals surface area contributed by atoms with Crippen LogP contribution in [-0.4, -0.2) is 10.9 Å². The molecule has 4 aromatic rings. The highest BCUT2D eigenvalue weighted by atomic mass is 79.9. The molecule has 0 saturated carbocycles. The molecular weight excluding hydrogens is 451 g/mol. The Hall–Kier alpha value is -3.32. The van der Waals surface area contributed by atoms with E-state index in [1.165, 1.54) is 11.0 Å². The Morgan fingerprint density at radius 2 is 1.87 bits per heavy atom. The third-order valence-electron chi connectivity index (χ3n) is 5.15. The average Bonchev–Trinajstić information content (AvgIpc) is 3.01. The van der Waals surface area contributed by atoms with E-state index in [1.54, 1.807) is 61.5 Å². The van der Waals surface area contributed by atoms with Crippen molar-refractivity contribution in [1.29, 1.82) is 0 Å². The van der Waals surface area contributed by atoms with Crippen LogP contribution in [0, 0.1) is 12.7 Å². The average molecular weight is 465 g/mol. The van der Waals surface area contributed by atoms with Crippen molar-refractivity contribution in [3.63, 3.8) is 0 Å². The van der Waals surface area contributed by atoms with Crippen molar-refractivity contribution in [2.24, 2.45) is 0 Å². The molecule has 0 saturated heterocycles. The zero-order valence-corrected chi connectivity index (χ0v) is 17.3. The van der Waals surface area contributed by atoms with Gasteiger partial charge in [0.1, 0.15) is 17.2 Å². The van der Waals surface area contributed by atoms with Crippen LogP contribution in [0.4, 0.5) is 10.2 Å². The standard InChI is InChI=1S/C23H14BrFN2O3/c1-12-5-4-8-18(26-12)27-20(14-6-2-3-7-16(14)25)19-21(28)15-11-13(24)9-10-17(15)30-22(19)23(27)29/h2-11,20H,1H3. The predicted molar refractivity (Wildman–Crippen MR) is 114 cm³/mol. The first kappa shape index (κ1) is 18.7. The molecule has 2 aromatic carbocycles. The van der Waals surface area contributed by atoms with E-state index in [1.807, 2.05) is 0 Å². The molecule has 5 rings (SSSR count). The van der Waals surface area contributed by atoms with Gasteiger partial charge in [0, 0.05) is 15.7 Å². The molecule has 7 heteroatoms. The first-order chi connectivity index (χ1) is 14.5. The van der Waals surface area contributed by atoms with Crippen LogP contribution in [0.25, 0.3) is 11.0 Å². The summed E-state index contributed by atoms with van der Waals surface area (Å²) in [4.78, 5) is 32.6. The van der Waals surface area contributed by atoms with E-state index in [4.69, 9.17) is 4.42 Å². The van der Waals surface area contributed by atoms with Gasteiger partial charge in [-0.2, -0.15) is 0 Å². The number of carbonyl (C=O) groups excluding carboxylic acids is 1. The van der Waals surface area contributed by atoms with Gasteiger partial charge in [-0.15, -0.1) is 0 Å². The topological polar surface area (TPSA) is 63.4 Å². The fraction of sp³-hybridized carbons (Fsp3) is 0.0870.